The lowest BCUT2D eigenvalue weighted by molar-refractivity contribution is 0.00836. The molecule has 1 aromatic heterocycles. The second-order valence-electron chi connectivity index (χ2n) is 7.44. The molecule has 1 spiro atoms. The molecule has 1 atom stereocenters. The van der Waals surface area contributed by atoms with E-state index in [4.69, 9.17) is 9.26 Å². The maximum Gasteiger partial charge on any atom is 0.253 e. The molecule has 0 aliphatic carbocycles. The summed E-state index contributed by atoms with van der Waals surface area (Å²) in [5.74, 6) is 1.45. The Morgan fingerprint density at radius 3 is 2.62 bits per heavy atom. The highest BCUT2D eigenvalue weighted by molar-refractivity contribution is 5.94. The zero-order valence-corrected chi connectivity index (χ0v) is 15.4. The molecule has 2 saturated heterocycles. The van der Waals surface area contributed by atoms with E-state index in [0.29, 0.717) is 18.3 Å². The lowest BCUT2D eigenvalue weighted by Gasteiger charge is -2.36. The number of hydrogen-bond acceptors (Lipinski definition) is 5. The van der Waals surface area contributed by atoms with Crippen LogP contribution in [0.1, 0.15) is 53.3 Å². The second-order valence-corrected chi connectivity index (χ2v) is 7.44. The molecular weight excluding hydrogens is 330 g/mol. The summed E-state index contributed by atoms with van der Waals surface area (Å²) >= 11 is 0. The van der Waals surface area contributed by atoms with Crippen LogP contribution in [0.5, 0.6) is 0 Å². The number of carbonyl (C=O) groups excluding carboxylic acids is 1. The highest BCUT2D eigenvalue weighted by Crippen LogP contribution is 2.49. The monoisotopic (exact) mass is 355 g/mol. The van der Waals surface area contributed by atoms with Crippen LogP contribution >= 0.6 is 0 Å². The maximum atomic E-state index is 13.1. The van der Waals surface area contributed by atoms with Crippen LogP contribution in [0.25, 0.3) is 0 Å². The molecule has 6 nitrogen and oxygen atoms in total. The summed E-state index contributed by atoms with van der Waals surface area (Å²) in [7, 11) is 0. The molecule has 2 aromatic rings. The number of amides is 1. The topological polar surface area (TPSA) is 68.5 Å². The third-order valence-corrected chi connectivity index (χ3v) is 5.87. The average Bonchev–Trinajstić information content (AvgIpc) is 3.26. The Morgan fingerprint density at radius 1 is 1.27 bits per heavy atom. The second kappa shape index (κ2) is 6.83. The van der Waals surface area contributed by atoms with Gasteiger partial charge in [0, 0.05) is 37.3 Å². The predicted octanol–water partition coefficient (Wildman–Crippen LogP) is 2.98. The normalized spacial score (nSPS) is 22.1. The summed E-state index contributed by atoms with van der Waals surface area (Å²) < 4.78 is 11.1. The molecule has 6 heteroatoms. The van der Waals surface area contributed by atoms with Crippen LogP contribution in [0.2, 0.25) is 0 Å². The molecule has 4 rings (SSSR count). The summed E-state index contributed by atoms with van der Waals surface area (Å²) in [6.45, 7) is 6.72. The molecule has 3 heterocycles. The first-order valence-corrected chi connectivity index (χ1v) is 9.37. The van der Waals surface area contributed by atoms with Crippen molar-refractivity contribution in [3.8, 4) is 0 Å². The van der Waals surface area contributed by atoms with Crippen molar-refractivity contribution in [2.45, 2.75) is 39.0 Å². The summed E-state index contributed by atoms with van der Waals surface area (Å²) in [4.78, 5) is 19.5. The van der Waals surface area contributed by atoms with Crippen molar-refractivity contribution >= 4 is 5.91 Å². The van der Waals surface area contributed by atoms with Gasteiger partial charge in [0.15, 0.2) is 5.82 Å². The summed E-state index contributed by atoms with van der Waals surface area (Å²) in [6, 6.07) is 7.93. The largest absolute Gasteiger partial charge is 0.381 e. The van der Waals surface area contributed by atoms with Crippen LogP contribution in [0, 0.1) is 12.3 Å². The number of aryl methyl sites for hydroxylation is 2. The number of carbonyl (C=O) groups is 1. The van der Waals surface area contributed by atoms with Gasteiger partial charge in [-0.1, -0.05) is 24.2 Å². The Labute approximate surface area is 153 Å². The average molecular weight is 355 g/mol. The van der Waals surface area contributed by atoms with E-state index in [1.807, 2.05) is 36.1 Å². The molecule has 138 valence electrons. The van der Waals surface area contributed by atoms with Crippen LogP contribution in [0.15, 0.2) is 28.8 Å². The van der Waals surface area contributed by atoms with E-state index in [-0.39, 0.29) is 17.2 Å². The minimum absolute atomic E-state index is 0.0315. The van der Waals surface area contributed by atoms with Crippen LogP contribution in [-0.2, 0) is 11.2 Å². The maximum absolute atomic E-state index is 13.1. The highest BCUT2D eigenvalue weighted by atomic mass is 16.5. The molecule has 0 saturated carbocycles. The number of aromatic nitrogens is 2. The number of benzene rings is 1. The summed E-state index contributed by atoms with van der Waals surface area (Å²) in [5.41, 5.74) is 1.95. The fourth-order valence-electron chi connectivity index (χ4n) is 4.27. The molecule has 2 aliphatic rings. The molecule has 0 unspecified atom stereocenters. The summed E-state index contributed by atoms with van der Waals surface area (Å²) in [6.07, 6.45) is 2.80. The number of likely N-dealkylation sites (tertiary alicyclic amines) is 1. The number of rotatable bonds is 3. The van der Waals surface area contributed by atoms with E-state index in [2.05, 4.69) is 17.1 Å². The minimum Gasteiger partial charge on any atom is -0.381 e. The quantitative estimate of drug-likeness (QED) is 0.847. The van der Waals surface area contributed by atoms with Crippen LogP contribution in [0.4, 0.5) is 0 Å². The standard InChI is InChI=1S/C20H25N3O3/c1-3-15-4-6-16(7-5-15)19(24)23-12-17(18-21-14(2)22-26-18)20(13-23)8-10-25-11-9-20/h4-7,17H,3,8-13H2,1-2H3/t17-/m1/s1. The van der Waals surface area contributed by atoms with Crippen LogP contribution in [0.3, 0.4) is 0 Å². The molecule has 26 heavy (non-hydrogen) atoms. The van der Waals surface area contributed by atoms with Crippen molar-refractivity contribution in [1.29, 1.82) is 0 Å². The lowest BCUT2D eigenvalue weighted by atomic mass is 9.72. The molecule has 1 amide bonds. The van der Waals surface area contributed by atoms with Crippen molar-refractivity contribution in [3.63, 3.8) is 0 Å². The predicted molar refractivity (Wildman–Crippen MR) is 96.0 cm³/mol. The molecule has 0 bridgehead atoms. The van der Waals surface area contributed by atoms with E-state index >= 15 is 0 Å². The van der Waals surface area contributed by atoms with Crippen LogP contribution in [-0.4, -0.2) is 47.3 Å². The van der Waals surface area contributed by atoms with Crippen LogP contribution < -0.4 is 0 Å². The van der Waals surface area contributed by atoms with Gasteiger partial charge >= 0.3 is 0 Å². The molecule has 0 radical (unpaired) electrons. The lowest BCUT2D eigenvalue weighted by Crippen LogP contribution is -2.37. The Balaban J connectivity index is 1.60. The number of ether oxygens (including phenoxy) is 1. The smallest absolute Gasteiger partial charge is 0.253 e. The minimum atomic E-state index is -0.0315. The molecule has 2 fully saturated rings. The number of nitrogens with zero attached hydrogens (tertiary/aromatic N) is 3. The first-order valence-electron chi connectivity index (χ1n) is 9.37. The van der Waals surface area contributed by atoms with Crippen molar-refractivity contribution in [2.75, 3.05) is 26.3 Å². The van der Waals surface area contributed by atoms with Gasteiger partial charge in [0.1, 0.15) is 0 Å². The van der Waals surface area contributed by atoms with E-state index in [1.165, 1.54) is 5.56 Å². The van der Waals surface area contributed by atoms with Gasteiger partial charge in [-0.2, -0.15) is 4.98 Å². The first kappa shape index (κ1) is 17.2. The van der Waals surface area contributed by atoms with Gasteiger partial charge in [-0.3, -0.25) is 4.79 Å². The van der Waals surface area contributed by atoms with Gasteiger partial charge in [-0.15, -0.1) is 0 Å². The molecule has 1 aromatic carbocycles. The third kappa shape index (κ3) is 3.03. The van der Waals surface area contributed by atoms with Crippen molar-refractivity contribution < 1.29 is 14.1 Å². The SMILES string of the molecule is CCc1ccc(C(=O)N2C[C@H](c3nc(C)no3)C3(CCOCC3)C2)cc1. The van der Waals surface area contributed by atoms with E-state index in [1.54, 1.807) is 0 Å². The molecule has 0 N–H and O–H groups in total. The highest BCUT2D eigenvalue weighted by Gasteiger charge is 2.51. The van der Waals surface area contributed by atoms with Crippen molar-refractivity contribution in [1.82, 2.24) is 15.0 Å². The van der Waals surface area contributed by atoms with Gasteiger partial charge in [-0.25, -0.2) is 0 Å². The van der Waals surface area contributed by atoms with Gasteiger partial charge < -0.3 is 14.2 Å². The zero-order valence-electron chi connectivity index (χ0n) is 15.4. The third-order valence-electron chi connectivity index (χ3n) is 5.87. The fraction of sp³-hybridized carbons (Fsp3) is 0.550. The van der Waals surface area contributed by atoms with Gasteiger partial charge in [0.25, 0.3) is 5.91 Å². The van der Waals surface area contributed by atoms with E-state index in [0.717, 1.165) is 44.6 Å². The molecule has 2 aliphatic heterocycles. The van der Waals surface area contributed by atoms with Gasteiger partial charge in [-0.05, 0) is 43.9 Å². The number of hydrogen-bond donors (Lipinski definition) is 0. The van der Waals surface area contributed by atoms with E-state index < -0.39 is 0 Å². The summed E-state index contributed by atoms with van der Waals surface area (Å²) in [5, 5.41) is 3.97. The molecular formula is C20H25N3O3. The first-order chi connectivity index (χ1) is 12.6. The Morgan fingerprint density at radius 2 is 2.00 bits per heavy atom. The van der Waals surface area contributed by atoms with Gasteiger partial charge in [0.2, 0.25) is 5.89 Å². The zero-order chi connectivity index (χ0) is 18.1. The fourth-order valence-corrected chi connectivity index (χ4v) is 4.27. The van der Waals surface area contributed by atoms with Crippen molar-refractivity contribution in [2.24, 2.45) is 5.41 Å². The Hall–Kier alpha value is -2.21. The van der Waals surface area contributed by atoms with Gasteiger partial charge in [0.05, 0.1) is 5.92 Å². The Kier molecular flexibility index (Phi) is 4.53. The van der Waals surface area contributed by atoms with E-state index in [9.17, 15) is 4.79 Å². The van der Waals surface area contributed by atoms with Crippen molar-refractivity contribution in [3.05, 3.63) is 47.1 Å². The Bertz CT molecular complexity index is 778.